The van der Waals surface area contributed by atoms with Gasteiger partial charge in [-0.05, 0) is 37.8 Å². The number of nitrogen functional groups attached to an aromatic ring is 1. The summed E-state index contributed by atoms with van der Waals surface area (Å²) in [7, 11) is 0. The topological polar surface area (TPSA) is 160 Å². The Hall–Kier alpha value is -4.61. The predicted molar refractivity (Wildman–Crippen MR) is 130 cm³/mol. The van der Waals surface area contributed by atoms with Crippen molar-refractivity contribution in [1.82, 2.24) is 49.4 Å². The molecule has 36 heavy (non-hydrogen) atoms. The molecule has 1 amide bonds. The van der Waals surface area contributed by atoms with Gasteiger partial charge >= 0.3 is 0 Å². The molecule has 0 radical (unpaired) electrons. The maximum absolute atomic E-state index is 13.0. The molecule has 2 aliphatic heterocycles. The average Bonchev–Trinajstić information content (AvgIpc) is 3.70. The van der Waals surface area contributed by atoms with Crippen molar-refractivity contribution >= 4 is 17.4 Å². The van der Waals surface area contributed by atoms with Gasteiger partial charge < -0.3 is 15.6 Å². The Morgan fingerprint density at radius 2 is 1.92 bits per heavy atom. The van der Waals surface area contributed by atoms with Crippen LogP contribution in [0.2, 0.25) is 0 Å². The van der Waals surface area contributed by atoms with Crippen molar-refractivity contribution in [3.05, 3.63) is 61.0 Å². The highest BCUT2D eigenvalue weighted by atomic mass is 16.2. The van der Waals surface area contributed by atoms with Gasteiger partial charge in [0.1, 0.15) is 12.0 Å². The number of nitrogens with zero attached hydrogens (tertiary/aromatic N) is 8. The van der Waals surface area contributed by atoms with Crippen molar-refractivity contribution in [3.63, 3.8) is 0 Å². The van der Waals surface area contributed by atoms with Crippen molar-refractivity contribution < 1.29 is 4.79 Å². The number of nitrogens with one attached hydrogen (secondary N) is 2. The van der Waals surface area contributed by atoms with Crippen LogP contribution in [0.1, 0.15) is 47.9 Å². The highest BCUT2D eigenvalue weighted by Crippen LogP contribution is 2.43. The number of carbonyl (C=O) groups is 1. The van der Waals surface area contributed by atoms with E-state index in [-0.39, 0.29) is 23.9 Å². The molecule has 0 spiro atoms. The average molecular weight is 482 g/mol. The summed E-state index contributed by atoms with van der Waals surface area (Å²) in [5.41, 5.74) is 10.5. The molecule has 2 fully saturated rings. The number of aromatic nitrogens is 9. The van der Waals surface area contributed by atoms with E-state index in [1.165, 1.54) is 6.33 Å². The molecule has 180 valence electrons. The highest BCUT2D eigenvalue weighted by molar-refractivity contribution is 5.91. The number of aromatic amines is 2. The second-order valence-electron chi connectivity index (χ2n) is 9.36. The summed E-state index contributed by atoms with van der Waals surface area (Å²) in [5.74, 6) is 1.53. The van der Waals surface area contributed by atoms with E-state index >= 15 is 0 Å². The Balaban J connectivity index is 1.19. The van der Waals surface area contributed by atoms with Crippen LogP contribution in [0, 0.1) is 0 Å². The van der Waals surface area contributed by atoms with Gasteiger partial charge in [-0.15, -0.1) is 0 Å². The molecule has 0 saturated carbocycles. The van der Waals surface area contributed by atoms with Gasteiger partial charge in [-0.2, -0.15) is 5.10 Å². The molecule has 12 heteroatoms. The Morgan fingerprint density at radius 3 is 2.61 bits per heavy atom. The van der Waals surface area contributed by atoms with Gasteiger partial charge in [0.15, 0.2) is 17.3 Å². The summed E-state index contributed by atoms with van der Waals surface area (Å²) in [6.45, 7) is 0. The molecule has 1 unspecified atom stereocenters. The van der Waals surface area contributed by atoms with E-state index < -0.39 is 0 Å². The lowest BCUT2D eigenvalue weighted by Crippen LogP contribution is -2.46. The van der Waals surface area contributed by atoms with Gasteiger partial charge in [0.05, 0.1) is 17.6 Å². The van der Waals surface area contributed by atoms with Crippen LogP contribution in [0.25, 0.3) is 28.4 Å². The van der Waals surface area contributed by atoms with Crippen molar-refractivity contribution in [1.29, 1.82) is 0 Å². The number of H-pyrrole nitrogens is 2. The van der Waals surface area contributed by atoms with Crippen molar-refractivity contribution in [2.24, 2.45) is 0 Å². The van der Waals surface area contributed by atoms with Gasteiger partial charge in [0.2, 0.25) is 5.82 Å². The third-order valence-electron chi connectivity index (χ3n) is 7.34. The zero-order chi connectivity index (χ0) is 24.2. The molecule has 7 heterocycles. The normalized spacial score (nSPS) is 21.3. The molecular weight excluding hydrogens is 458 g/mol. The zero-order valence-corrected chi connectivity index (χ0v) is 19.2. The minimum absolute atomic E-state index is 0.0798. The molecule has 2 aliphatic rings. The van der Waals surface area contributed by atoms with Crippen molar-refractivity contribution in [2.45, 2.75) is 43.7 Å². The van der Waals surface area contributed by atoms with E-state index in [1.54, 1.807) is 18.6 Å². The molecule has 2 saturated heterocycles. The van der Waals surface area contributed by atoms with Crippen LogP contribution in [0.5, 0.6) is 0 Å². The largest absolute Gasteiger partial charge is 0.381 e. The molecule has 2 bridgehead atoms. The monoisotopic (exact) mass is 481 g/mol. The molecule has 4 N–H and O–H groups in total. The number of hydrogen-bond acceptors (Lipinski definition) is 8. The van der Waals surface area contributed by atoms with Crippen molar-refractivity contribution in [3.8, 4) is 22.8 Å². The summed E-state index contributed by atoms with van der Waals surface area (Å²) < 4.78 is 2.00. The number of nitrogens with two attached hydrogens (primary N) is 1. The fourth-order valence-corrected chi connectivity index (χ4v) is 5.71. The summed E-state index contributed by atoms with van der Waals surface area (Å²) in [6.07, 6.45) is 14.1. The maximum atomic E-state index is 13.0. The second kappa shape index (κ2) is 7.97. The van der Waals surface area contributed by atoms with Crippen molar-refractivity contribution in [2.75, 3.05) is 5.73 Å². The molecule has 5 aromatic heterocycles. The first-order valence-corrected chi connectivity index (χ1v) is 11.9. The van der Waals surface area contributed by atoms with E-state index in [2.05, 4.69) is 35.1 Å². The second-order valence-corrected chi connectivity index (χ2v) is 9.36. The highest BCUT2D eigenvalue weighted by Gasteiger charge is 2.45. The van der Waals surface area contributed by atoms with Gasteiger partial charge in [0, 0.05) is 48.4 Å². The number of amides is 1. The number of rotatable bonds is 4. The van der Waals surface area contributed by atoms with Crippen LogP contribution in [0.4, 0.5) is 5.82 Å². The van der Waals surface area contributed by atoms with E-state index in [4.69, 9.17) is 10.7 Å². The fourth-order valence-electron chi connectivity index (χ4n) is 5.71. The Kier molecular flexibility index (Phi) is 4.59. The predicted octanol–water partition coefficient (Wildman–Crippen LogP) is 2.43. The van der Waals surface area contributed by atoms with Crippen LogP contribution in [-0.2, 0) is 0 Å². The first-order chi connectivity index (χ1) is 17.7. The first-order valence-electron chi connectivity index (χ1n) is 11.9. The van der Waals surface area contributed by atoms with Gasteiger partial charge in [-0.25, -0.2) is 19.9 Å². The molecule has 5 aromatic rings. The lowest BCUT2D eigenvalue weighted by Gasteiger charge is -2.38. The Labute approximate surface area is 205 Å². The Morgan fingerprint density at radius 1 is 1.06 bits per heavy atom. The minimum atomic E-state index is -0.0798. The lowest BCUT2D eigenvalue weighted by atomic mass is 9.88. The fraction of sp³-hybridized carbons (Fsp3) is 0.292. The third-order valence-corrected chi connectivity index (χ3v) is 7.34. The number of carbonyl (C=O) groups excluding carboxylic acids is 1. The van der Waals surface area contributed by atoms with E-state index in [0.717, 1.165) is 54.2 Å². The molecule has 3 atom stereocenters. The standard InChI is InChI=1S/C24H23N11O/c25-20-23-29-10-19(13-1-4-17(28-9-13)21-26-5-6-27-21)34(23)11-18(32-20)14-7-15-2-3-16(8-14)35(15)24(36)22-30-12-31-33-22/h1,4-6,9-12,14-16H,2-3,7-8H2,(H2,25,32)(H,26,27)(H,30,31,33)/t14?,15-,16+. The van der Waals surface area contributed by atoms with E-state index in [0.29, 0.717) is 17.3 Å². The number of anilines is 1. The molecule has 7 rings (SSSR count). The van der Waals surface area contributed by atoms with Gasteiger partial charge in [-0.1, -0.05) is 0 Å². The summed E-state index contributed by atoms with van der Waals surface area (Å²) in [6, 6.07) is 4.22. The smallest absolute Gasteiger partial charge is 0.291 e. The number of pyridine rings is 1. The lowest BCUT2D eigenvalue weighted by molar-refractivity contribution is 0.0557. The molecule has 0 aliphatic carbocycles. The van der Waals surface area contributed by atoms with Crippen LogP contribution >= 0.6 is 0 Å². The molecule has 0 aromatic carbocycles. The SMILES string of the molecule is Nc1nc(C2C[C@H]3CC[C@@H](C2)N3C(=O)c2ncn[nH]2)cn2c(-c3ccc(-c4ncc[nH]4)nc3)cnc12. The summed E-state index contributed by atoms with van der Waals surface area (Å²) in [4.78, 5) is 40.2. The van der Waals surface area contributed by atoms with Gasteiger partial charge in [-0.3, -0.25) is 19.3 Å². The first kappa shape index (κ1) is 20.7. The van der Waals surface area contributed by atoms with Crippen LogP contribution in [-0.4, -0.2) is 67.4 Å². The number of fused-ring (bicyclic) bond motifs is 3. The maximum Gasteiger partial charge on any atom is 0.291 e. The summed E-state index contributed by atoms with van der Waals surface area (Å²) in [5, 5.41) is 6.53. The third kappa shape index (κ3) is 3.25. The van der Waals surface area contributed by atoms with Crippen LogP contribution in [0.15, 0.2) is 49.4 Å². The molecule has 12 nitrogen and oxygen atoms in total. The minimum Gasteiger partial charge on any atom is -0.381 e. The zero-order valence-electron chi connectivity index (χ0n) is 19.2. The number of imidazole rings is 2. The number of hydrogen-bond donors (Lipinski definition) is 3. The molecular formula is C24H23N11O. The van der Waals surface area contributed by atoms with E-state index in [1.807, 2.05) is 33.8 Å². The van der Waals surface area contributed by atoms with E-state index in [9.17, 15) is 4.79 Å². The number of piperidine rings is 1. The Bertz CT molecular complexity index is 1530. The van der Waals surface area contributed by atoms with Crippen LogP contribution in [0.3, 0.4) is 0 Å². The van der Waals surface area contributed by atoms with Gasteiger partial charge in [0.25, 0.3) is 5.91 Å². The van der Waals surface area contributed by atoms with Crippen LogP contribution < -0.4 is 5.73 Å². The quantitative estimate of drug-likeness (QED) is 0.353. The summed E-state index contributed by atoms with van der Waals surface area (Å²) >= 11 is 0.